The monoisotopic (exact) mass is 341 g/mol. The fraction of sp³-hybridized carbons (Fsp3) is 0.278. The van der Waals surface area contributed by atoms with E-state index in [1.54, 1.807) is 42.7 Å². The topological polar surface area (TPSA) is 64.0 Å². The lowest BCUT2D eigenvalue weighted by Gasteiger charge is -2.11. The predicted octanol–water partition coefficient (Wildman–Crippen LogP) is 2.62. The number of rotatable bonds is 4. The Morgan fingerprint density at radius 3 is 2.75 bits per heavy atom. The third-order valence-electron chi connectivity index (χ3n) is 4.52. The first-order valence-electron chi connectivity index (χ1n) is 8.13. The van der Waals surface area contributed by atoms with Crippen LogP contribution < -0.4 is 5.32 Å². The molecule has 0 aliphatic carbocycles. The largest absolute Gasteiger partial charge is 0.330 e. The molecule has 6 heteroatoms. The SMILES string of the molecule is O=S(=O)(c1ccccc1)c1cn(C[C@@H]2CCCN2)c2ncccc12. The van der Waals surface area contributed by atoms with E-state index in [0.717, 1.165) is 31.6 Å². The molecule has 24 heavy (non-hydrogen) atoms. The summed E-state index contributed by atoms with van der Waals surface area (Å²) in [4.78, 5) is 5.06. The van der Waals surface area contributed by atoms with Gasteiger partial charge in [0, 0.05) is 30.4 Å². The summed E-state index contributed by atoms with van der Waals surface area (Å²) in [7, 11) is -3.56. The third kappa shape index (κ3) is 2.61. The van der Waals surface area contributed by atoms with E-state index in [0.29, 0.717) is 21.2 Å². The Morgan fingerprint density at radius 2 is 2.00 bits per heavy atom. The summed E-state index contributed by atoms with van der Waals surface area (Å²) in [5, 5.41) is 4.13. The van der Waals surface area contributed by atoms with Crippen molar-refractivity contribution in [3.8, 4) is 0 Å². The predicted molar refractivity (Wildman–Crippen MR) is 92.7 cm³/mol. The molecule has 1 fully saturated rings. The second-order valence-corrected chi connectivity index (χ2v) is 8.05. The average Bonchev–Trinajstić information content (AvgIpc) is 3.25. The van der Waals surface area contributed by atoms with Crippen molar-refractivity contribution in [2.24, 2.45) is 0 Å². The lowest BCUT2D eigenvalue weighted by Crippen LogP contribution is -2.26. The van der Waals surface area contributed by atoms with Gasteiger partial charge in [0.15, 0.2) is 0 Å². The quantitative estimate of drug-likeness (QED) is 0.792. The molecule has 0 radical (unpaired) electrons. The molecule has 3 aromatic rings. The van der Waals surface area contributed by atoms with E-state index in [2.05, 4.69) is 10.3 Å². The van der Waals surface area contributed by atoms with Gasteiger partial charge in [-0.3, -0.25) is 0 Å². The number of hydrogen-bond donors (Lipinski definition) is 1. The summed E-state index contributed by atoms with van der Waals surface area (Å²) < 4.78 is 28.0. The Hall–Kier alpha value is -2.18. The summed E-state index contributed by atoms with van der Waals surface area (Å²) in [6, 6.07) is 12.5. The molecule has 0 saturated carbocycles. The van der Waals surface area contributed by atoms with Crippen LogP contribution >= 0.6 is 0 Å². The Kier molecular flexibility index (Phi) is 3.86. The second-order valence-electron chi connectivity index (χ2n) is 6.13. The highest BCUT2D eigenvalue weighted by atomic mass is 32.2. The first-order chi connectivity index (χ1) is 11.7. The second kappa shape index (κ2) is 6.03. The van der Waals surface area contributed by atoms with Crippen molar-refractivity contribution in [2.75, 3.05) is 6.54 Å². The minimum atomic E-state index is -3.56. The minimum Gasteiger partial charge on any atom is -0.330 e. The summed E-state index contributed by atoms with van der Waals surface area (Å²) in [6.45, 7) is 1.75. The van der Waals surface area contributed by atoms with Gasteiger partial charge in [-0.15, -0.1) is 0 Å². The summed E-state index contributed by atoms with van der Waals surface area (Å²) >= 11 is 0. The van der Waals surface area contributed by atoms with Crippen molar-refractivity contribution >= 4 is 20.9 Å². The third-order valence-corrected chi connectivity index (χ3v) is 6.32. The number of hydrogen-bond acceptors (Lipinski definition) is 4. The lowest BCUT2D eigenvalue weighted by molar-refractivity contribution is 0.515. The molecule has 0 unspecified atom stereocenters. The zero-order valence-corrected chi connectivity index (χ0v) is 14.0. The van der Waals surface area contributed by atoms with Gasteiger partial charge in [0.25, 0.3) is 0 Å². The zero-order valence-electron chi connectivity index (χ0n) is 13.2. The Morgan fingerprint density at radius 1 is 1.17 bits per heavy atom. The normalized spacial score (nSPS) is 18.2. The molecule has 3 heterocycles. The zero-order chi connectivity index (χ0) is 16.6. The van der Waals surface area contributed by atoms with Gasteiger partial charge in [-0.05, 0) is 43.7 Å². The Labute approximate surface area is 141 Å². The van der Waals surface area contributed by atoms with Crippen LogP contribution in [0.5, 0.6) is 0 Å². The first-order valence-corrected chi connectivity index (χ1v) is 9.62. The number of sulfone groups is 1. The highest BCUT2D eigenvalue weighted by molar-refractivity contribution is 7.91. The molecular weight excluding hydrogens is 322 g/mol. The van der Waals surface area contributed by atoms with Crippen molar-refractivity contribution in [3.63, 3.8) is 0 Å². The average molecular weight is 341 g/mol. The highest BCUT2D eigenvalue weighted by Gasteiger charge is 2.25. The van der Waals surface area contributed by atoms with E-state index in [-0.39, 0.29) is 0 Å². The van der Waals surface area contributed by atoms with Crippen molar-refractivity contribution in [1.29, 1.82) is 0 Å². The van der Waals surface area contributed by atoms with E-state index in [9.17, 15) is 8.42 Å². The van der Waals surface area contributed by atoms with Gasteiger partial charge in [0.1, 0.15) is 5.65 Å². The summed E-state index contributed by atoms with van der Waals surface area (Å²) in [6.07, 6.45) is 5.71. The summed E-state index contributed by atoms with van der Waals surface area (Å²) in [5.74, 6) is 0. The highest BCUT2D eigenvalue weighted by Crippen LogP contribution is 2.29. The summed E-state index contributed by atoms with van der Waals surface area (Å²) in [5.41, 5.74) is 0.723. The maximum absolute atomic E-state index is 13.0. The Balaban J connectivity index is 1.84. The van der Waals surface area contributed by atoms with Crippen LogP contribution in [0.3, 0.4) is 0 Å². The fourth-order valence-corrected chi connectivity index (χ4v) is 4.80. The van der Waals surface area contributed by atoms with Crippen LogP contribution in [0.1, 0.15) is 12.8 Å². The van der Waals surface area contributed by atoms with Crippen LogP contribution in [-0.4, -0.2) is 30.6 Å². The van der Waals surface area contributed by atoms with Crippen LogP contribution in [0.25, 0.3) is 11.0 Å². The number of aromatic nitrogens is 2. The number of pyridine rings is 1. The van der Waals surface area contributed by atoms with Crippen molar-refractivity contribution < 1.29 is 8.42 Å². The molecule has 4 rings (SSSR count). The van der Waals surface area contributed by atoms with Gasteiger partial charge in [0.05, 0.1) is 9.79 Å². The van der Waals surface area contributed by atoms with Crippen LogP contribution in [0, 0.1) is 0 Å². The van der Waals surface area contributed by atoms with Crippen molar-refractivity contribution in [1.82, 2.24) is 14.9 Å². The van der Waals surface area contributed by atoms with E-state index >= 15 is 0 Å². The molecule has 1 aliphatic heterocycles. The van der Waals surface area contributed by atoms with Crippen LogP contribution in [0.15, 0.2) is 64.6 Å². The molecule has 0 amide bonds. The smallest absolute Gasteiger partial charge is 0.208 e. The van der Waals surface area contributed by atoms with Crippen LogP contribution in [0.4, 0.5) is 0 Å². The van der Waals surface area contributed by atoms with Crippen LogP contribution in [-0.2, 0) is 16.4 Å². The molecule has 1 saturated heterocycles. The van der Waals surface area contributed by atoms with Crippen molar-refractivity contribution in [3.05, 3.63) is 54.9 Å². The fourth-order valence-electron chi connectivity index (χ4n) is 3.32. The van der Waals surface area contributed by atoms with Gasteiger partial charge in [0.2, 0.25) is 9.84 Å². The minimum absolute atomic E-state index is 0.312. The first kappa shape index (κ1) is 15.4. The molecule has 2 aromatic heterocycles. The standard InChI is InChI=1S/C18H19N3O2S/c22-24(23,15-7-2-1-3-8-15)17-13-21(12-14-6-4-10-19-14)18-16(17)9-5-11-20-18/h1-3,5,7-9,11,13-14,19H,4,6,10,12H2/t14-/m0/s1. The van der Waals surface area contributed by atoms with Gasteiger partial charge in [-0.25, -0.2) is 13.4 Å². The van der Waals surface area contributed by atoms with Gasteiger partial charge >= 0.3 is 0 Å². The molecule has 5 nitrogen and oxygen atoms in total. The van der Waals surface area contributed by atoms with Crippen LogP contribution in [0.2, 0.25) is 0 Å². The molecule has 1 aromatic carbocycles. The van der Waals surface area contributed by atoms with E-state index in [1.807, 2.05) is 16.7 Å². The molecule has 1 N–H and O–H groups in total. The number of nitrogens with one attached hydrogen (secondary N) is 1. The maximum Gasteiger partial charge on any atom is 0.208 e. The van der Waals surface area contributed by atoms with Gasteiger partial charge in [-0.2, -0.15) is 0 Å². The molecule has 0 spiro atoms. The van der Waals surface area contributed by atoms with Crippen molar-refractivity contribution in [2.45, 2.75) is 35.2 Å². The Bertz CT molecular complexity index is 958. The molecular formula is C18H19N3O2S. The van der Waals surface area contributed by atoms with E-state index < -0.39 is 9.84 Å². The van der Waals surface area contributed by atoms with Gasteiger partial charge in [-0.1, -0.05) is 18.2 Å². The number of fused-ring (bicyclic) bond motifs is 1. The molecule has 124 valence electrons. The van der Waals surface area contributed by atoms with E-state index in [1.165, 1.54) is 0 Å². The van der Waals surface area contributed by atoms with Gasteiger partial charge < -0.3 is 9.88 Å². The molecule has 1 aliphatic rings. The maximum atomic E-state index is 13.0. The molecule has 0 bridgehead atoms. The lowest BCUT2D eigenvalue weighted by atomic mass is 10.2. The number of benzene rings is 1. The van der Waals surface area contributed by atoms with E-state index in [4.69, 9.17) is 0 Å². The molecule has 1 atom stereocenters. The number of nitrogens with zero attached hydrogens (tertiary/aromatic N) is 2.